The predicted molar refractivity (Wildman–Crippen MR) is 109 cm³/mol. The smallest absolute Gasteiger partial charge is 0.130 e. The van der Waals surface area contributed by atoms with E-state index in [4.69, 9.17) is 0 Å². The summed E-state index contributed by atoms with van der Waals surface area (Å²) in [7, 11) is 2.04. The molecular formula is C21H27N5. The molecule has 3 rings (SSSR count). The van der Waals surface area contributed by atoms with Gasteiger partial charge >= 0.3 is 0 Å². The number of fused-ring (bicyclic) bond motifs is 1. The summed E-state index contributed by atoms with van der Waals surface area (Å²) in [6.45, 7) is 13.3. The first kappa shape index (κ1) is 18.1. The van der Waals surface area contributed by atoms with Crippen molar-refractivity contribution in [3.8, 4) is 11.3 Å². The molecule has 2 heterocycles. The lowest BCUT2D eigenvalue weighted by atomic mass is 10.1. The fourth-order valence-corrected chi connectivity index (χ4v) is 3.08. The molecule has 0 aliphatic rings. The summed E-state index contributed by atoms with van der Waals surface area (Å²) in [6, 6.07) is 8.49. The fraction of sp³-hybridized carbons (Fsp3) is 0.333. The van der Waals surface area contributed by atoms with Gasteiger partial charge in [-0.1, -0.05) is 32.6 Å². The summed E-state index contributed by atoms with van der Waals surface area (Å²) < 4.78 is 2.10. The summed E-state index contributed by atoms with van der Waals surface area (Å²) in [5.74, 6) is 1.83. The van der Waals surface area contributed by atoms with Gasteiger partial charge in [0, 0.05) is 36.4 Å². The molecule has 0 spiro atoms. The van der Waals surface area contributed by atoms with E-state index in [2.05, 4.69) is 69.4 Å². The third kappa shape index (κ3) is 3.78. The molecule has 1 N–H and O–H groups in total. The maximum Gasteiger partial charge on any atom is 0.130 e. The number of aromatic nitrogens is 3. The van der Waals surface area contributed by atoms with Crippen molar-refractivity contribution in [3.05, 3.63) is 54.8 Å². The van der Waals surface area contributed by atoms with Crippen molar-refractivity contribution in [1.29, 1.82) is 0 Å². The minimum Gasteiger partial charge on any atom is -0.343 e. The van der Waals surface area contributed by atoms with Crippen LogP contribution in [0.25, 0.3) is 22.0 Å². The van der Waals surface area contributed by atoms with E-state index >= 15 is 0 Å². The van der Waals surface area contributed by atoms with E-state index < -0.39 is 0 Å². The van der Waals surface area contributed by atoms with E-state index in [1.165, 1.54) is 0 Å². The summed E-state index contributed by atoms with van der Waals surface area (Å²) in [4.78, 5) is 11.2. The first-order valence-electron chi connectivity index (χ1n) is 9.07. The van der Waals surface area contributed by atoms with Crippen LogP contribution in [0.5, 0.6) is 0 Å². The van der Waals surface area contributed by atoms with Crippen molar-refractivity contribution in [3.63, 3.8) is 0 Å². The Morgan fingerprint density at radius 1 is 1.12 bits per heavy atom. The van der Waals surface area contributed by atoms with Crippen molar-refractivity contribution in [2.24, 2.45) is 7.05 Å². The van der Waals surface area contributed by atoms with Crippen molar-refractivity contribution in [2.45, 2.75) is 20.8 Å². The summed E-state index contributed by atoms with van der Waals surface area (Å²) in [5.41, 5.74) is 3.22. The molecule has 0 radical (unpaired) electrons. The molecule has 0 unspecified atom stereocenters. The number of anilines is 1. The van der Waals surface area contributed by atoms with Crippen LogP contribution in [0.2, 0.25) is 0 Å². The van der Waals surface area contributed by atoms with Crippen molar-refractivity contribution < 1.29 is 0 Å². The van der Waals surface area contributed by atoms with Gasteiger partial charge in [0.25, 0.3) is 0 Å². The van der Waals surface area contributed by atoms with Crippen LogP contribution in [0.3, 0.4) is 0 Å². The number of imidazole rings is 1. The zero-order valence-corrected chi connectivity index (χ0v) is 16.1. The molecule has 0 aliphatic heterocycles. The second-order valence-electron chi connectivity index (χ2n) is 6.57. The number of nitrogens with one attached hydrogen (secondary N) is 1. The summed E-state index contributed by atoms with van der Waals surface area (Å²) in [5, 5.41) is 5.61. The van der Waals surface area contributed by atoms with E-state index in [-0.39, 0.29) is 0 Å². The van der Waals surface area contributed by atoms with E-state index in [1.54, 1.807) is 0 Å². The maximum absolute atomic E-state index is 4.52. The molecule has 26 heavy (non-hydrogen) atoms. The molecule has 0 fully saturated rings. The highest BCUT2D eigenvalue weighted by Gasteiger charge is 2.08. The predicted octanol–water partition coefficient (Wildman–Crippen LogP) is 4.21. The molecular weight excluding hydrogens is 322 g/mol. The normalized spacial score (nSPS) is 11.3. The van der Waals surface area contributed by atoms with E-state index in [0.717, 1.165) is 59.0 Å². The van der Waals surface area contributed by atoms with Gasteiger partial charge in [0.2, 0.25) is 0 Å². The van der Waals surface area contributed by atoms with Crippen molar-refractivity contribution >= 4 is 16.6 Å². The van der Waals surface area contributed by atoms with Gasteiger partial charge < -0.3 is 9.88 Å². The molecule has 5 nitrogen and oxygen atoms in total. The van der Waals surface area contributed by atoms with Crippen LogP contribution in [0, 0.1) is 6.92 Å². The van der Waals surface area contributed by atoms with E-state index in [1.807, 2.05) is 26.4 Å². The van der Waals surface area contributed by atoms with Crippen LogP contribution in [0.4, 0.5) is 5.82 Å². The molecule has 2 aromatic heterocycles. The van der Waals surface area contributed by atoms with Gasteiger partial charge in [0.15, 0.2) is 0 Å². The highest BCUT2D eigenvalue weighted by Crippen LogP contribution is 2.26. The Balaban J connectivity index is 1.85. The summed E-state index contributed by atoms with van der Waals surface area (Å²) in [6.07, 6.45) is 3.82. The molecule has 136 valence electrons. The first-order valence-corrected chi connectivity index (χ1v) is 9.07. The summed E-state index contributed by atoms with van der Waals surface area (Å²) >= 11 is 0. The Labute approximate surface area is 155 Å². The minimum absolute atomic E-state index is 0.820. The molecule has 0 saturated carbocycles. The van der Waals surface area contributed by atoms with Gasteiger partial charge in [0.1, 0.15) is 11.6 Å². The lowest BCUT2D eigenvalue weighted by Gasteiger charge is -2.20. The SMILES string of the molecule is C=C(CN(CC)CC)Nc1cc2cc(-c3cnc(C)n3C)ccc2cn1. The molecule has 1 aromatic carbocycles. The van der Waals surface area contributed by atoms with Gasteiger partial charge in [-0.05, 0) is 37.5 Å². The highest BCUT2D eigenvalue weighted by atomic mass is 15.1. The maximum atomic E-state index is 4.52. The topological polar surface area (TPSA) is 46.0 Å². The molecule has 0 bridgehead atoms. The second kappa shape index (κ2) is 7.70. The lowest BCUT2D eigenvalue weighted by molar-refractivity contribution is 0.331. The Kier molecular flexibility index (Phi) is 5.38. The third-order valence-corrected chi connectivity index (χ3v) is 4.85. The zero-order valence-electron chi connectivity index (χ0n) is 16.1. The quantitative estimate of drug-likeness (QED) is 0.694. The molecule has 0 amide bonds. The number of hydrogen-bond acceptors (Lipinski definition) is 4. The number of pyridine rings is 1. The van der Waals surface area contributed by atoms with Crippen molar-refractivity contribution in [1.82, 2.24) is 19.4 Å². The average Bonchev–Trinajstić information content (AvgIpc) is 2.98. The Bertz CT molecular complexity index is 921. The highest BCUT2D eigenvalue weighted by molar-refractivity contribution is 5.88. The van der Waals surface area contributed by atoms with Gasteiger partial charge in [-0.2, -0.15) is 0 Å². The van der Waals surface area contributed by atoms with E-state index in [9.17, 15) is 0 Å². The number of benzene rings is 1. The van der Waals surface area contributed by atoms with Crippen LogP contribution in [0.15, 0.2) is 48.9 Å². The largest absolute Gasteiger partial charge is 0.343 e. The van der Waals surface area contributed by atoms with Crippen LogP contribution in [-0.4, -0.2) is 39.1 Å². The number of rotatable bonds is 7. The van der Waals surface area contributed by atoms with Gasteiger partial charge in [0.05, 0.1) is 11.9 Å². The second-order valence-corrected chi connectivity index (χ2v) is 6.57. The zero-order chi connectivity index (χ0) is 18.7. The van der Waals surface area contributed by atoms with Crippen LogP contribution in [0.1, 0.15) is 19.7 Å². The average molecular weight is 349 g/mol. The molecule has 0 atom stereocenters. The van der Waals surface area contributed by atoms with Crippen LogP contribution in [-0.2, 0) is 7.05 Å². The van der Waals surface area contributed by atoms with Gasteiger partial charge in [-0.15, -0.1) is 0 Å². The molecule has 0 aliphatic carbocycles. The number of nitrogens with zero attached hydrogens (tertiary/aromatic N) is 4. The Morgan fingerprint density at radius 3 is 2.54 bits per heavy atom. The van der Waals surface area contributed by atoms with Gasteiger partial charge in [-0.25, -0.2) is 9.97 Å². The molecule has 0 saturated heterocycles. The Morgan fingerprint density at radius 2 is 1.88 bits per heavy atom. The van der Waals surface area contributed by atoms with Gasteiger partial charge in [-0.3, -0.25) is 4.90 Å². The fourth-order valence-electron chi connectivity index (χ4n) is 3.08. The molecule has 5 heteroatoms. The Hall–Kier alpha value is -2.66. The monoisotopic (exact) mass is 349 g/mol. The third-order valence-electron chi connectivity index (χ3n) is 4.85. The van der Waals surface area contributed by atoms with Crippen molar-refractivity contribution in [2.75, 3.05) is 25.0 Å². The van der Waals surface area contributed by atoms with Crippen LogP contribution >= 0.6 is 0 Å². The number of likely N-dealkylation sites (N-methyl/N-ethyl adjacent to an activating group) is 1. The first-order chi connectivity index (χ1) is 12.5. The minimum atomic E-state index is 0.820. The molecule has 3 aromatic rings. The van der Waals surface area contributed by atoms with Crippen LogP contribution < -0.4 is 5.32 Å². The standard InChI is InChI=1S/C21H27N5/c1-6-26(7-2)14-15(3)24-21-11-19-10-17(8-9-18(19)12-23-21)20-13-22-16(4)25(20)5/h8-13H,3,6-7,14H2,1-2,4-5H3,(H,23,24). The number of hydrogen-bond donors (Lipinski definition) is 1. The number of aryl methyl sites for hydroxylation is 1. The van der Waals surface area contributed by atoms with E-state index in [0.29, 0.717) is 0 Å². The lowest BCUT2D eigenvalue weighted by Crippen LogP contribution is -2.27.